The van der Waals surface area contributed by atoms with Gasteiger partial charge in [-0.1, -0.05) is 20.8 Å². The molecule has 17 heavy (non-hydrogen) atoms. The van der Waals surface area contributed by atoms with Crippen molar-refractivity contribution in [3.8, 4) is 0 Å². The van der Waals surface area contributed by atoms with Crippen LogP contribution in [-0.4, -0.2) is 22.2 Å². The molecule has 1 aromatic rings. The van der Waals surface area contributed by atoms with Crippen molar-refractivity contribution in [3.05, 3.63) is 23.3 Å². The van der Waals surface area contributed by atoms with Crippen molar-refractivity contribution >= 4 is 0 Å². The van der Waals surface area contributed by atoms with Crippen molar-refractivity contribution in [2.45, 2.75) is 46.8 Å². The molecule has 2 atom stereocenters. The molecule has 0 radical (unpaired) electrons. The summed E-state index contributed by atoms with van der Waals surface area (Å²) in [4.78, 5) is 8.74. The van der Waals surface area contributed by atoms with Crippen LogP contribution in [0.2, 0.25) is 0 Å². The van der Waals surface area contributed by atoms with Gasteiger partial charge in [-0.3, -0.25) is 0 Å². The highest BCUT2D eigenvalue weighted by atomic mass is 16.5. The average molecular weight is 238 g/mol. The third-order valence-electron chi connectivity index (χ3n) is 2.74. The van der Waals surface area contributed by atoms with E-state index in [-0.39, 0.29) is 11.5 Å². The third-order valence-corrected chi connectivity index (χ3v) is 2.74. The predicted molar refractivity (Wildman–Crippen MR) is 66.6 cm³/mol. The second-order valence-electron chi connectivity index (χ2n) is 5.43. The minimum Gasteiger partial charge on any atom is -0.389 e. The Morgan fingerprint density at radius 1 is 1.35 bits per heavy atom. The SMILES string of the molecule is COC(c1ncc([C@@H](C)O)c(C)n1)C(C)(C)C. The molecule has 0 fully saturated rings. The number of hydrogen-bond acceptors (Lipinski definition) is 4. The molecule has 0 bridgehead atoms. The highest BCUT2D eigenvalue weighted by Gasteiger charge is 2.29. The van der Waals surface area contributed by atoms with E-state index in [2.05, 4.69) is 30.7 Å². The monoisotopic (exact) mass is 238 g/mol. The summed E-state index contributed by atoms with van der Waals surface area (Å²) in [5.74, 6) is 0.668. The van der Waals surface area contributed by atoms with Crippen molar-refractivity contribution in [3.63, 3.8) is 0 Å². The second kappa shape index (κ2) is 5.10. The molecule has 0 saturated heterocycles. The molecule has 96 valence electrons. The predicted octanol–water partition coefficient (Wildman–Crippen LogP) is 2.57. The highest BCUT2D eigenvalue weighted by Crippen LogP contribution is 2.33. The number of aliphatic hydroxyl groups is 1. The maximum absolute atomic E-state index is 9.54. The molecule has 1 N–H and O–H groups in total. The van der Waals surface area contributed by atoms with Gasteiger partial charge in [-0.15, -0.1) is 0 Å². The number of aryl methyl sites for hydroxylation is 1. The summed E-state index contributed by atoms with van der Waals surface area (Å²) in [5, 5.41) is 9.54. The zero-order valence-electron chi connectivity index (χ0n) is 11.5. The van der Waals surface area contributed by atoms with Gasteiger partial charge in [0.2, 0.25) is 0 Å². The van der Waals surface area contributed by atoms with Gasteiger partial charge in [0.25, 0.3) is 0 Å². The number of aliphatic hydroxyl groups excluding tert-OH is 1. The van der Waals surface area contributed by atoms with E-state index in [9.17, 15) is 5.11 Å². The molecule has 0 aliphatic heterocycles. The minimum atomic E-state index is -0.542. The van der Waals surface area contributed by atoms with Gasteiger partial charge in [0.05, 0.1) is 6.10 Å². The molecule has 0 spiro atoms. The summed E-state index contributed by atoms with van der Waals surface area (Å²) >= 11 is 0. The largest absolute Gasteiger partial charge is 0.389 e. The molecular formula is C13H22N2O2. The summed E-state index contributed by atoms with van der Waals surface area (Å²) in [6.07, 6.45) is 0.990. The van der Waals surface area contributed by atoms with Crippen LogP contribution in [0.4, 0.5) is 0 Å². The van der Waals surface area contributed by atoms with Gasteiger partial charge in [0, 0.05) is 24.6 Å². The molecule has 1 rings (SSSR count). The minimum absolute atomic E-state index is 0.0620. The van der Waals surface area contributed by atoms with E-state index in [1.807, 2.05) is 6.92 Å². The van der Waals surface area contributed by atoms with Crippen molar-refractivity contribution in [2.24, 2.45) is 5.41 Å². The molecule has 4 heteroatoms. The summed E-state index contributed by atoms with van der Waals surface area (Å²) in [6, 6.07) is 0. The first-order valence-electron chi connectivity index (χ1n) is 5.81. The molecule has 0 aliphatic rings. The number of methoxy groups -OCH3 is 1. The topological polar surface area (TPSA) is 55.2 Å². The fraction of sp³-hybridized carbons (Fsp3) is 0.692. The summed E-state index contributed by atoms with van der Waals surface area (Å²) in [6.45, 7) is 9.85. The van der Waals surface area contributed by atoms with Gasteiger partial charge in [0.1, 0.15) is 6.10 Å². The number of nitrogens with zero attached hydrogens (tertiary/aromatic N) is 2. The molecular weight excluding hydrogens is 216 g/mol. The van der Waals surface area contributed by atoms with E-state index in [0.29, 0.717) is 5.82 Å². The normalized spacial score (nSPS) is 15.7. The molecule has 0 aromatic carbocycles. The maximum Gasteiger partial charge on any atom is 0.157 e. The number of rotatable bonds is 3. The Kier molecular flexibility index (Phi) is 4.22. The first-order valence-corrected chi connectivity index (χ1v) is 5.81. The molecule has 0 saturated carbocycles. The number of hydrogen-bond donors (Lipinski definition) is 1. The van der Waals surface area contributed by atoms with Gasteiger partial charge >= 0.3 is 0 Å². The van der Waals surface area contributed by atoms with Crippen molar-refractivity contribution in [1.29, 1.82) is 0 Å². The summed E-state index contributed by atoms with van der Waals surface area (Å²) < 4.78 is 5.47. The molecule has 1 aromatic heterocycles. The molecule has 0 amide bonds. The van der Waals surface area contributed by atoms with Crippen molar-refractivity contribution < 1.29 is 9.84 Å². The molecule has 0 aliphatic carbocycles. The zero-order valence-corrected chi connectivity index (χ0v) is 11.5. The van der Waals surface area contributed by atoms with Gasteiger partial charge in [-0.2, -0.15) is 0 Å². The lowest BCUT2D eigenvalue weighted by atomic mass is 9.88. The van der Waals surface area contributed by atoms with Gasteiger partial charge in [0.15, 0.2) is 5.82 Å². The lowest BCUT2D eigenvalue weighted by Gasteiger charge is -2.28. The molecule has 1 unspecified atom stereocenters. The standard InChI is InChI=1S/C13H22N2O2/c1-8-10(9(2)16)7-14-12(15-8)11(17-6)13(3,4)5/h7,9,11,16H,1-6H3/t9-,11?/m1/s1. The van der Waals surface area contributed by atoms with Crippen LogP contribution in [0.15, 0.2) is 6.20 Å². The van der Waals surface area contributed by atoms with Crippen LogP contribution in [-0.2, 0) is 4.74 Å². The Labute approximate surface area is 103 Å². The van der Waals surface area contributed by atoms with Crippen molar-refractivity contribution in [2.75, 3.05) is 7.11 Å². The van der Waals surface area contributed by atoms with Gasteiger partial charge in [-0.05, 0) is 19.3 Å². The fourth-order valence-corrected chi connectivity index (χ4v) is 1.88. The molecule has 1 heterocycles. The lowest BCUT2D eigenvalue weighted by Crippen LogP contribution is -2.23. The van der Waals surface area contributed by atoms with E-state index < -0.39 is 6.10 Å². The van der Waals surface area contributed by atoms with E-state index >= 15 is 0 Å². The quantitative estimate of drug-likeness (QED) is 0.879. The van der Waals surface area contributed by atoms with E-state index in [4.69, 9.17) is 4.74 Å². The van der Waals surface area contributed by atoms with E-state index in [1.54, 1.807) is 20.2 Å². The molecule has 4 nitrogen and oxygen atoms in total. The smallest absolute Gasteiger partial charge is 0.157 e. The number of aromatic nitrogens is 2. The second-order valence-corrected chi connectivity index (χ2v) is 5.43. The first kappa shape index (κ1) is 14.1. The lowest BCUT2D eigenvalue weighted by molar-refractivity contribution is 0.00841. The van der Waals surface area contributed by atoms with Crippen LogP contribution < -0.4 is 0 Å². The Morgan fingerprint density at radius 3 is 2.29 bits per heavy atom. The Balaban J connectivity index is 3.12. The van der Waals surface area contributed by atoms with Crippen LogP contribution in [0.3, 0.4) is 0 Å². The fourth-order valence-electron chi connectivity index (χ4n) is 1.88. The van der Waals surface area contributed by atoms with E-state index in [1.165, 1.54) is 0 Å². The van der Waals surface area contributed by atoms with Crippen LogP contribution in [0.5, 0.6) is 0 Å². The van der Waals surface area contributed by atoms with Gasteiger partial charge < -0.3 is 9.84 Å². The summed E-state index contributed by atoms with van der Waals surface area (Å²) in [5.41, 5.74) is 1.50. The Morgan fingerprint density at radius 2 is 1.94 bits per heavy atom. The third kappa shape index (κ3) is 3.23. The van der Waals surface area contributed by atoms with Crippen LogP contribution in [0.1, 0.15) is 57.0 Å². The van der Waals surface area contributed by atoms with Gasteiger partial charge in [-0.25, -0.2) is 9.97 Å². The number of ether oxygens (including phenoxy) is 1. The van der Waals surface area contributed by atoms with Crippen LogP contribution in [0, 0.1) is 12.3 Å². The Bertz CT molecular complexity index is 383. The van der Waals surface area contributed by atoms with E-state index in [0.717, 1.165) is 11.3 Å². The first-order chi connectivity index (χ1) is 7.77. The average Bonchev–Trinajstić information content (AvgIpc) is 2.15. The van der Waals surface area contributed by atoms with Crippen LogP contribution >= 0.6 is 0 Å². The highest BCUT2D eigenvalue weighted by molar-refractivity contribution is 5.19. The Hall–Kier alpha value is -1.00. The zero-order chi connectivity index (χ0) is 13.2. The maximum atomic E-state index is 9.54. The van der Waals surface area contributed by atoms with Crippen molar-refractivity contribution in [1.82, 2.24) is 9.97 Å². The van der Waals surface area contributed by atoms with Crippen LogP contribution in [0.25, 0.3) is 0 Å². The summed E-state index contributed by atoms with van der Waals surface area (Å²) in [7, 11) is 1.66.